The van der Waals surface area contributed by atoms with Gasteiger partial charge in [0.15, 0.2) is 0 Å². The van der Waals surface area contributed by atoms with Crippen LogP contribution < -0.4 is 10.1 Å². The van der Waals surface area contributed by atoms with Gasteiger partial charge in [0.1, 0.15) is 5.75 Å². The summed E-state index contributed by atoms with van der Waals surface area (Å²) in [5, 5.41) is 3.34. The molecule has 96 valence electrons. The smallest absolute Gasteiger partial charge is 0.387 e. The summed E-state index contributed by atoms with van der Waals surface area (Å²) in [6, 6.07) is 6.92. The Morgan fingerprint density at radius 1 is 1.24 bits per heavy atom. The molecular weight excluding hydrogens is 224 g/mol. The second-order valence-electron chi connectivity index (χ2n) is 4.47. The van der Waals surface area contributed by atoms with Crippen molar-refractivity contribution < 1.29 is 13.5 Å². The minimum atomic E-state index is -2.77. The first-order chi connectivity index (χ1) is 7.99. The molecule has 0 aliphatic heterocycles. The van der Waals surface area contributed by atoms with E-state index in [1.807, 2.05) is 13.0 Å². The maximum atomic E-state index is 12.1. The molecule has 1 atom stereocenters. The van der Waals surface area contributed by atoms with Crippen LogP contribution in [-0.4, -0.2) is 13.2 Å². The number of hydrogen-bond acceptors (Lipinski definition) is 2. The molecule has 0 heterocycles. The van der Waals surface area contributed by atoms with E-state index in [0.29, 0.717) is 5.92 Å². The van der Waals surface area contributed by atoms with Crippen LogP contribution in [0.4, 0.5) is 8.78 Å². The summed E-state index contributed by atoms with van der Waals surface area (Å²) in [5.74, 6) is 0.758. The van der Waals surface area contributed by atoms with Gasteiger partial charge >= 0.3 is 6.61 Å². The van der Waals surface area contributed by atoms with Crippen molar-refractivity contribution in [1.82, 2.24) is 5.32 Å². The molecule has 0 radical (unpaired) electrons. The van der Waals surface area contributed by atoms with Crippen molar-refractivity contribution in [1.29, 1.82) is 0 Å². The SMILES string of the molecule is CC(C)CNC(C)c1cccc(OC(F)F)c1. The largest absolute Gasteiger partial charge is 0.435 e. The monoisotopic (exact) mass is 243 g/mol. The molecule has 0 saturated carbocycles. The van der Waals surface area contributed by atoms with Crippen LogP contribution in [0.15, 0.2) is 24.3 Å². The van der Waals surface area contributed by atoms with Gasteiger partial charge in [-0.3, -0.25) is 0 Å². The number of nitrogens with one attached hydrogen (secondary N) is 1. The summed E-state index contributed by atoms with van der Waals surface area (Å²) in [6.45, 7) is 4.36. The summed E-state index contributed by atoms with van der Waals surface area (Å²) in [6.07, 6.45) is 0. The number of benzene rings is 1. The minimum absolute atomic E-state index is 0.124. The number of ether oxygens (including phenoxy) is 1. The van der Waals surface area contributed by atoms with Crippen molar-refractivity contribution in [2.24, 2.45) is 5.92 Å². The molecule has 0 aliphatic carbocycles. The summed E-state index contributed by atoms with van der Waals surface area (Å²) >= 11 is 0. The van der Waals surface area contributed by atoms with E-state index in [4.69, 9.17) is 0 Å². The van der Waals surface area contributed by atoms with Gasteiger partial charge in [0.2, 0.25) is 0 Å². The molecule has 0 aromatic heterocycles. The third-order valence-electron chi connectivity index (χ3n) is 2.42. The third-order valence-corrected chi connectivity index (χ3v) is 2.42. The second kappa shape index (κ2) is 6.55. The number of halogens is 2. The van der Waals surface area contributed by atoms with Gasteiger partial charge in [0, 0.05) is 6.04 Å². The molecule has 0 spiro atoms. The van der Waals surface area contributed by atoms with Crippen molar-refractivity contribution in [3.63, 3.8) is 0 Å². The lowest BCUT2D eigenvalue weighted by Gasteiger charge is -2.16. The predicted molar refractivity (Wildman–Crippen MR) is 64.3 cm³/mol. The van der Waals surface area contributed by atoms with Crippen LogP contribution >= 0.6 is 0 Å². The van der Waals surface area contributed by atoms with Gasteiger partial charge in [0.25, 0.3) is 0 Å². The van der Waals surface area contributed by atoms with E-state index in [-0.39, 0.29) is 11.8 Å². The first-order valence-electron chi connectivity index (χ1n) is 5.77. The summed E-state index contributed by atoms with van der Waals surface area (Å²) in [4.78, 5) is 0. The molecule has 0 saturated heterocycles. The van der Waals surface area contributed by atoms with Gasteiger partial charge in [-0.25, -0.2) is 0 Å². The van der Waals surface area contributed by atoms with Crippen molar-refractivity contribution >= 4 is 0 Å². The highest BCUT2D eigenvalue weighted by Crippen LogP contribution is 2.20. The van der Waals surface area contributed by atoms with Crippen LogP contribution in [0.5, 0.6) is 5.75 Å². The van der Waals surface area contributed by atoms with Gasteiger partial charge in [-0.15, -0.1) is 0 Å². The quantitative estimate of drug-likeness (QED) is 0.824. The summed E-state index contributed by atoms with van der Waals surface area (Å²) < 4.78 is 28.5. The molecule has 0 fully saturated rings. The number of alkyl halides is 2. The molecule has 4 heteroatoms. The van der Waals surface area contributed by atoms with Crippen LogP contribution in [0.2, 0.25) is 0 Å². The zero-order valence-electron chi connectivity index (χ0n) is 10.4. The van der Waals surface area contributed by atoms with E-state index in [9.17, 15) is 8.78 Å². The fourth-order valence-electron chi connectivity index (χ4n) is 1.49. The van der Waals surface area contributed by atoms with Crippen molar-refractivity contribution in [2.45, 2.75) is 33.4 Å². The highest BCUT2D eigenvalue weighted by Gasteiger charge is 2.09. The number of hydrogen-bond donors (Lipinski definition) is 1. The maximum absolute atomic E-state index is 12.1. The van der Waals surface area contributed by atoms with Gasteiger partial charge in [-0.1, -0.05) is 26.0 Å². The maximum Gasteiger partial charge on any atom is 0.387 e. The average molecular weight is 243 g/mol. The van der Waals surface area contributed by atoms with Gasteiger partial charge < -0.3 is 10.1 Å². The van der Waals surface area contributed by atoms with Gasteiger partial charge in [-0.2, -0.15) is 8.78 Å². The Hall–Kier alpha value is -1.16. The highest BCUT2D eigenvalue weighted by molar-refractivity contribution is 5.30. The molecule has 0 aliphatic rings. The Bertz CT molecular complexity index is 342. The van der Waals surface area contributed by atoms with Gasteiger partial charge in [-0.05, 0) is 37.1 Å². The standard InChI is InChI=1S/C13H19F2NO/c1-9(2)8-16-10(3)11-5-4-6-12(7-11)17-13(14)15/h4-7,9-10,13,16H,8H2,1-3H3. The molecule has 1 rings (SSSR count). The Balaban J connectivity index is 2.63. The number of rotatable bonds is 6. The lowest BCUT2D eigenvalue weighted by Crippen LogP contribution is -2.23. The molecule has 0 amide bonds. The Morgan fingerprint density at radius 2 is 1.94 bits per heavy atom. The van der Waals surface area contributed by atoms with Crippen LogP contribution in [-0.2, 0) is 0 Å². The Morgan fingerprint density at radius 3 is 2.53 bits per heavy atom. The first kappa shape index (κ1) is 13.9. The summed E-state index contributed by atoms with van der Waals surface area (Å²) in [5.41, 5.74) is 0.948. The minimum Gasteiger partial charge on any atom is -0.435 e. The van der Waals surface area contributed by atoms with E-state index in [1.54, 1.807) is 12.1 Å². The van der Waals surface area contributed by atoms with E-state index in [0.717, 1.165) is 12.1 Å². The van der Waals surface area contributed by atoms with Crippen LogP contribution in [0.25, 0.3) is 0 Å². The Kier molecular flexibility index (Phi) is 5.35. The molecule has 1 unspecified atom stereocenters. The van der Waals surface area contributed by atoms with E-state index in [1.165, 1.54) is 6.07 Å². The normalized spacial score (nSPS) is 13.1. The van der Waals surface area contributed by atoms with E-state index in [2.05, 4.69) is 23.9 Å². The van der Waals surface area contributed by atoms with Crippen LogP contribution in [0.1, 0.15) is 32.4 Å². The van der Waals surface area contributed by atoms with Gasteiger partial charge in [0.05, 0.1) is 0 Å². The molecular formula is C13H19F2NO. The third kappa shape index (κ3) is 5.13. The average Bonchev–Trinajstić information content (AvgIpc) is 2.25. The molecule has 17 heavy (non-hydrogen) atoms. The zero-order valence-corrected chi connectivity index (χ0v) is 10.4. The second-order valence-corrected chi connectivity index (χ2v) is 4.47. The molecule has 0 bridgehead atoms. The molecule has 1 aromatic rings. The lowest BCUT2D eigenvalue weighted by atomic mass is 10.1. The van der Waals surface area contributed by atoms with E-state index < -0.39 is 6.61 Å². The van der Waals surface area contributed by atoms with Crippen LogP contribution in [0.3, 0.4) is 0 Å². The van der Waals surface area contributed by atoms with Crippen molar-refractivity contribution in [3.05, 3.63) is 29.8 Å². The molecule has 1 aromatic carbocycles. The fourth-order valence-corrected chi connectivity index (χ4v) is 1.49. The summed E-state index contributed by atoms with van der Waals surface area (Å²) in [7, 11) is 0. The molecule has 1 N–H and O–H groups in total. The lowest BCUT2D eigenvalue weighted by molar-refractivity contribution is -0.0499. The fraction of sp³-hybridized carbons (Fsp3) is 0.538. The first-order valence-corrected chi connectivity index (χ1v) is 5.77. The molecule has 2 nitrogen and oxygen atoms in total. The van der Waals surface area contributed by atoms with Crippen molar-refractivity contribution in [2.75, 3.05) is 6.54 Å². The van der Waals surface area contributed by atoms with Crippen LogP contribution in [0, 0.1) is 5.92 Å². The Labute approximate surface area is 101 Å². The van der Waals surface area contributed by atoms with E-state index >= 15 is 0 Å². The van der Waals surface area contributed by atoms with Crippen molar-refractivity contribution in [3.8, 4) is 5.75 Å². The zero-order chi connectivity index (χ0) is 12.8. The predicted octanol–water partition coefficient (Wildman–Crippen LogP) is 3.59. The highest BCUT2D eigenvalue weighted by atomic mass is 19.3. The topological polar surface area (TPSA) is 21.3 Å².